The Bertz CT molecular complexity index is 1430. The Morgan fingerprint density at radius 2 is 1.75 bits per heavy atom. The van der Waals surface area contributed by atoms with Crippen LogP contribution < -0.4 is 5.69 Å². The van der Waals surface area contributed by atoms with E-state index < -0.39 is 36.2 Å². The van der Waals surface area contributed by atoms with Crippen LogP contribution in [0.4, 0.5) is 17.6 Å². The Hall–Kier alpha value is -3.51. The molecule has 0 atom stereocenters. The summed E-state index contributed by atoms with van der Waals surface area (Å²) in [5, 5.41) is 19.5. The van der Waals surface area contributed by atoms with E-state index >= 15 is 0 Å². The highest BCUT2D eigenvalue weighted by molar-refractivity contribution is 6.30. The van der Waals surface area contributed by atoms with Crippen LogP contribution in [0.15, 0.2) is 53.3 Å². The lowest BCUT2D eigenvalue weighted by Gasteiger charge is -2.17. The number of aromatic nitrogens is 6. The zero-order valence-electron chi connectivity index (χ0n) is 19.2. The summed E-state index contributed by atoms with van der Waals surface area (Å²) in [4.78, 5) is 17.4. The Labute approximate surface area is 207 Å². The molecule has 0 aliphatic carbocycles. The van der Waals surface area contributed by atoms with E-state index in [4.69, 9.17) is 11.6 Å². The molecule has 2 aromatic carbocycles. The van der Waals surface area contributed by atoms with Crippen molar-refractivity contribution in [3.63, 3.8) is 0 Å². The van der Waals surface area contributed by atoms with Gasteiger partial charge in [-0.2, -0.15) is 13.2 Å². The molecule has 4 aromatic rings. The topological polar surface area (TPSA) is 90.8 Å². The normalized spacial score (nSPS) is 12.3. The van der Waals surface area contributed by atoms with Crippen LogP contribution in [0.5, 0.6) is 0 Å². The molecule has 190 valence electrons. The monoisotopic (exact) mass is 524 g/mol. The summed E-state index contributed by atoms with van der Waals surface area (Å²) in [6.45, 7) is 1.99. The van der Waals surface area contributed by atoms with E-state index in [1.165, 1.54) is 48.9 Å². The molecule has 4 rings (SSSR count). The second-order valence-electron chi connectivity index (χ2n) is 8.59. The van der Waals surface area contributed by atoms with Crippen LogP contribution in [0.25, 0.3) is 17.1 Å². The minimum Gasteiger partial charge on any atom is -0.382 e. The summed E-state index contributed by atoms with van der Waals surface area (Å²) in [5.74, 6) is -0.390. The first-order valence-electron chi connectivity index (χ1n) is 10.8. The van der Waals surface area contributed by atoms with Gasteiger partial charge in [-0.15, -0.1) is 10.2 Å². The maximum Gasteiger partial charge on any atom is 0.390 e. The van der Waals surface area contributed by atoms with Gasteiger partial charge in [0, 0.05) is 17.1 Å². The fourth-order valence-corrected chi connectivity index (χ4v) is 3.66. The Kier molecular flexibility index (Phi) is 6.76. The van der Waals surface area contributed by atoms with Crippen molar-refractivity contribution in [2.24, 2.45) is 0 Å². The number of hydrogen-bond acceptors (Lipinski definition) is 5. The van der Waals surface area contributed by atoms with Crippen LogP contribution in [0.1, 0.15) is 31.9 Å². The first kappa shape index (κ1) is 25.6. The molecule has 0 unspecified atom stereocenters. The average Bonchev–Trinajstić information content (AvgIpc) is 3.34. The van der Waals surface area contributed by atoms with Crippen LogP contribution in [0.2, 0.25) is 5.02 Å². The fourth-order valence-electron chi connectivity index (χ4n) is 3.54. The molecule has 0 spiro atoms. The first-order chi connectivity index (χ1) is 16.8. The van der Waals surface area contributed by atoms with Gasteiger partial charge in [-0.3, -0.25) is 4.57 Å². The van der Waals surface area contributed by atoms with Gasteiger partial charge < -0.3 is 5.11 Å². The predicted octanol–water partition coefficient (Wildman–Crippen LogP) is 4.31. The largest absolute Gasteiger partial charge is 0.390 e. The standard InChI is InChI=1S/C23H21ClF4N6O2/c1-22(2,36)20-29-18(30-34(20)17-5-3-4-16(25)12-17)13-33-21(35)32(11-10-23(26,27)28)19(31-33)14-6-8-15(24)9-7-14/h3-9,12,36H,10-11,13H2,1-2H3. The van der Waals surface area contributed by atoms with Crippen molar-refractivity contribution < 1.29 is 22.7 Å². The van der Waals surface area contributed by atoms with E-state index in [0.717, 1.165) is 9.25 Å². The Balaban J connectivity index is 1.77. The molecule has 0 aliphatic rings. The maximum atomic E-state index is 13.8. The van der Waals surface area contributed by atoms with Gasteiger partial charge in [0.1, 0.15) is 18.0 Å². The maximum absolute atomic E-state index is 13.8. The predicted molar refractivity (Wildman–Crippen MR) is 123 cm³/mol. The molecular formula is C23H21ClF4N6O2. The van der Waals surface area contributed by atoms with Crippen LogP contribution in [0, 0.1) is 5.82 Å². The lowest BCUT2D eigenvalue weighted by atomic mass is 10.1. The zero-order chi connectivity index (χ0) is 26.3. The van der Waals surface area contributed by atoms with Gasteiger partial charge >= 0.3 is 11.9 Å². The molecule has 36 heavy (non-hydrogen) atoms. The number of halogens is 5. The third-order valence-corrected chi connectivity index (χ3v) is 5.44. The molecule has 8 nitrogen and oxygen atoms in total. The van der Waals surface area contributed by atoms with Gasteiger partial charge in [-0.05, 0) is 56.3 Å². The quantitative estimate of drug-likeness (QED) is 0.364. The minimum absolute atomic E-state index is 0.0215. The number of alkyl halides is 3. The van der Waals surface area contributed by atoms with Gasteiger partial charge in [-0.1, -0.05) is 17.7 Å². The summed E-state index contributed by atoms with van der Waals surface area (Å²) in [7, 11) is 0. The summed E-state index contributed by atoms with van der Waals surface area (Å²) in [6, 6.07) is 11.6. The summed E-state index contributed by atoms with van der Waals surface area (Å²) >= 11 is 5.91. The minimum atomic E-state index is -4.48. The van der Waals surface area contributed by atoms with E-state index in [-0.39, 0.29) is 29.7 Å². The van der Waals surface area contributed by atoms with Crippen molar-refractivity contribution in [3.8, 4) is 17.1 Å². The van der Waals surface area contributed by atoms with Crippen molar-refractivity contribution in [1.29, 1.82) is 0 Å². The molecule has 0 fully saturated rings. The molecule has 0 radical (unpaired) electrons. The zero-order valence-corrected chi connectivity index (χ0v) is 19.9. The summed E-state index contributed by atoms with van der Waals surface area (Å²) < 4.78 is 55.7. The Morgan fingerprint density at radius 1 is 1.06 bits per heavy atom. The number of nitrogens with zero attached hydrogens (tertiary/aromatic N) is 6. The second-order valence-corrected chi connectivity index (χ2v) is 9.03. The third-order valence-electron chi connectivity index (χ3n) is 5.19. The van der Waals surface area contributed by atoms with Crippen molar-refractivity contribution in [2.45, 2.75) is 45.1 Å². The molecule has 0 saturated heterocycles. The second kappa shape index (κ2) is 9.51. The van der Waals surface area contributed by atoms with Gasteiger partial charge in [0.25, 0.3) is 0 Å². The van der Waals surface area contributed by atoms with Crippen molar-refractivity contribution >= 4 is 11.6 Å². The van der Waals surface area contributed by atoms with Crippen molar-refractivity contribution in [1.82, 2.24) is 29.1 Å². The van der Waals surface area contributed by atoms with Gasteiger partial charge in [-0.25, -0.2) is 23.5 Å². The van der Waals surface area contributed by atoms with E-state index in [9.17, 15) is 27.5 Å². The highest BCUT2D eigenvalue weighted by Gasteiger charge is 2.29. The lowest BCUT2D eigenvalue weighted by molar-refractivity contribution is -0.136. The third kappa shape index (κ3) is 5.65. The van der Waals surface area contributed by atoms with Crippen LogP contribution in [-0.2, 0) is 18.7 Å². The number of benzene rings is 2. The van der Waals surface area contributed by atoms with E-state index in [1.807, 2.05) is 0 Å². The molecule has 2 heterocycles. The average molecular weight is 525 g/mol. The molecule has 0 saturated carbocycles. The molecule has 2 aromatic heterocycles. The molecular weight excluding hydrogens is 504 g/mol. The molecule has 0 aliphatic heterocycles. The molecule has 13 heteroatoms. The van der Waals surface area contributed by atoms with Crippen LogP contribution in [-0.4, -0.2) is 40.4 Å². The van der Waals surface area contributed by atoms with E-state index in [0.29, 0.717) is 10.6 Å². The highest BCUT2D eigenvalue weighted by atomic mass is 35.5. The number of hydrogen-bond donors (Lipinski definition) is 1. The van der Waals surface area contributed by atoms with Gasteiger partial charge in [0.05, 0.1) is 12.1 Å². The highest BCUT2D eigenvalue weighted by Crippen LogP contribution is 2.24. The molecule has 0 bridgehead atoms. The first-order valence-corrected chi connectivity index (χ1v) is 11.1. The SMILES string of the molecule is CC(C)(O)c1nc(Cn2nc(-c3ccc(Cl)cc3)n(CCC(F)(F)F)c2=O)nn1-c1cccc(F)c1. The molecule has 1 N–H and O–H groups in total. The lowest BCUT2D eigenvalue weighted by Crippen LogP contribution is -2.27. The van der Waals surface area contributed by atoms with Gasteiger partial charge in [0.2, 0.25) is 0 Å². The van der Waals surface area contributed by atoms with Gasteiger partial charge in [0.15, 0.2) is 17.5 Å². The van der Waals surface area contributed by atoms with Crippen LogP contribution >= 0.6 is 11.6 Å². The number of aliphatic hydroxyl groups is 1. The van der Waals surface area contributed by atoms with E-state index in [2.05, 4.69) is 15.2 Å². The summed E-state index contributed by atoms with van der Waals surface area (Å²) in [5.41, 5.74) is -1.59. The van der Waals surface area contributed by atoms with Crippen molar-refractivity contribution in [3.05, 3.63) is 81.5 Å². The van der Waals surface area contributed by atoms with E-state index in [1.54, 1.807) is 18.2 Å². The fraction of sp³-hybridized carbons (Fsp3) is 0.304. The van der Waals surface area contributed by atoms with Crippen LogP contribution in [0.3, 0.4) is 0 Å². The smallest absolute Gasteiger partial charge is 0.382 e. The number of rotatable bonds is 7. The van der Waals surface area contributed by atoms with Crippen molar-refractivity contribution in [2.75, 3.05) is 0 Å². The summed E-state index contributed by atoms with van der Waals surface area (Å²) in [6.07, 6.45) is -5.71. The Morgan fingerprint density at radius 3 is 2.36 bits per heavy atom. The molecule has 0 amide bonds.